The minimum atomic E-state index is 0.532. The van der Waals surface area contributed by atoms with Gasteiger partial charge in [0, 0.05) is 27.6 Å². The van der Waals surface area contributed by atoms with Gasteiger partial charge in [0.15, 0.2) is 0 Å². The second-order valence-corrected chi connectivity index (χ2v) is 8.77. The molecule has 1 aliphatic rings. The van der Waals surface area contributed by atoms with E-state index in [1.54, 1.807) is 0 Å². The summed E-state index contributed by atoms with van der Waals surface area (Å²) in [6.45, 7) is 5.50. The van der Waals surface area contributed by atoms with Gasteiger partial charge in [-0.25, -0.2) is 0 Å². The lowest BCUT2D eigenvalue weighted by Gasteiger charge is -2.27. The molecule has 0 spiro atoms. The highest BCUT2D eigenvalue weighted by atomic mass is 32.2. The molecule has 1 unspecified atom stereocenters. The molecule has 0 aliphatic carbocycles. The molecule has 0 aromatic carbocycles. The lowest BCUT2D eigenvalue weighted by molar-refractivity contribution is 0.490. The quantitative estimate of drug-likeness (QED) is 0.870. The molecule has 3 heterocycles. The Balaban J connectivity index is 1.70. The average Bonchev–Trinajstić information content (AvgIpc) is 2.94. The topological polar surface area (TPSA) is 12.0 Å². The second-order valence-electron chi connectivity index (χ2n) is 4.77. The van der Waals surface area contributed by atoms with Gasteiger partial charge in [-0.1, -0.05) is 6.92 Å². The molecule has 96 valence electrons. The largest absolute Gasteiger partial charge is 0.305 e. The molecule has 0 saturated carbocycles. The maximum absolute atomic E-state index is 3.73. The van der Waals surface area contributed by atoms with E-state index in [1.807, 2.05) is 34.4 Å². The van der Waals surface area contributed by atoms with Gasteiger partial charge in [-0.05, 0) is 42.5 Å². The number of thioether (sulfide) groups is 1. The van der Waals surface area contributed by atoms with Crippen LogP contribution in [0.2, 0.25) is 0 Å². The smallest absolute Gasteiger partial charge is 0.0649 e. The van der Waals surface area contributed by atoms with Crippen LogP contribution in [0.25, 0.3) is 0 Å². The Hall–Kier alpha value is -0.290. The molecule has 2 atom stereocenters. The lowest BCUT2D eigenvalue weighted by Crippen LogP contribution is -2.25. The zero-order valence-corrected chi connectivity index (χ0v) is 13.1. The van der Waals surface area contributed by atoms with Crippen LogP contribution in [0.3, 0.4) is 0 Å². The van der Waals surface area contributed by atoms with E-state index >= 15 is 0 Å². The molecular formula is C14H17NS3. The first kappa shape index (κ1) is 12.7. The van der Waals surface area contributed by atoms with Gasteiger partial charge in [0.2, 0.25) is 0 Å². The summed E-state index contributed by atoms with van der Waals surface area (Å²) in [6, 6.07) is 7.26. The Morgan fingerprint density at radius 1 is 1.33 bits per heavy atom. The van der Waals surface area contributed by atoms with Crippen molar-refractivity contribution in [1.82, 2.24) is 5.32 Å². The summed E-state index contributed by atoms with van der Waals surface area (Å²) < 4.78 is 1.51. The number of hydrogen-bond acceptors (Lipinski definition) is 4. The third-order valence-corrected chi connectivity index (χ3v) is 6.57. The zero-order valence-electron chi connectivity index (χ0n) is 10.6. The van der Waals surface area contributed by atoms with E-state index in [1.165, 1.54) is 25.9 Å². The van der Waals surface area contributed by atoms with Crippen molar-refractivity contribution in [3.05, 3.63) is 38.9 Å². The molecule has 0 amide bonds. The van der Waals surface area contributed by atoms with Gasteiger partial charge in [0.25, 0.3) is 0 Å². The molecule has 4 heteroatoms. The van der Waals surface area contributed by atoms with E-state index in [9.17, 15) is 0 Å². The molecule has 0 radical (unpaired) electrons. The van der Waals surface area contributed by atoms with E-state index in [4.69, 9.17) is 0 Å². The van der Waals surface area contributed by atoms with Gasteiger partial charge in [-0.3, -0.25) is 0 Å². The summed E-state index contributed by atoms with van der Waals surface area (Å²) in [7, 11) is 0. The number of aryl methyl sites for hydroxylation is 1. The first-order chi connectivity index (χ1) is 8.72. The Bertz CT molecular complexity index is 529. The third kappa shape index (κ3) is 2.67. The highest BCUT2D eigenvalue weighted by Gasteiger charge is 2.25. The van der Waals surface area contributed by atoms with Crippen molar-refractivity contribution < 1.29 is 0 Å². The summed E-state index contributed by atoms with van der Waals surface area (Å²) in [5.74, 6) is 0. The van der Waals surface area contributed by atoms with Gasteiger partial charge in [-0.2, -0.15) is 0 Å². The van der Waals surface area contributed by atoms with Gasteiger partial charge in [0.05, 0.1) is 4.21 Å². The Morgan fingerprint density at radius 2 is 2.22 bits per heavy atom. The number of nitrogens with one attached hydrogen (secondary N) is 1. The van der Waals surface area contributed by atoms with E-state index in [2.05, 4.69) is 42.7 Å². The molecule has 1 aliphatic heterocycles. The number of hydrogen-bond donors (Lipinski definition) is 1. The van der Waals surface area contributed by atoms with Crippen molar-refractivity contribution in [2.75, 3.05) is 0 Å². The van der Waals surface area contributed by atoms with Crippen molar-refractivity contribution in [3.8, 4) is 0 Å². The number of fused-ring (bicyclic) bond motifs is 1. The maximum Gasteiger partial charge on any atom is 0.0649 e. The van der Waals surface area contributed by atoms with Crippen LogP contribution in [0.1, 0.15) is 34.7 Å². The molecule has 0 fully saturated rings. The minimum absolute atomic E-state index is 0.532. The van der Waals surface area contributed by atoms with Crippen molar-refractivity contribution in [3.63, 3.8) is 0 Å². The van der Waals surface area contributed by atoms with Crippen LogP contribution in [0.4, 0.5) is 0 Å². The van der Waals surface area contributed by atoms with Crippen molar-refractivity contribution >= 4 is 34.4 Å². The summed E-state index contributed by atoms with van der Waals surface area (Å²) in [6.07, 6.45) is 1.23. The highest BCUT2D eigenvalue weighted by Crippen LogP contribution is 2.43. The number of rotatable bonds is 3. The first-order valence-corrected chi connectivity index (χ1v) is 8.82. The molecule has 1 N–H and O–H groups in total. The van der Waals surface area contributed by atoms with Gasteiger partial charge < -0.3 is 5.32 Å². The van der Waals surface area contributed by atoms with Crippen LogP contribution in [0.5, 0.6) is 0 Å². The summed E-state index contributed by atoms with van der Waals surface area (Å²) in [5, 5.41) is 6.67. The Kier molecular flexibility index (Phi) is 3.80. The van der Waals surface area contributed by atoms with Crippen molar-refractivity contribution in [2.24, 2.45) is 0 Å². The highest BCUT2D eigenvalue weighted by molar-refractivity contribution is 8.01. The Morgan fingerprint density at radius 3 is 3.00 bits per heavy atom. The SMILES string of the molecule is Cc1ccc(CNC2C[C@H](C)Sc3sccc32)s1. The zero-order chi connectivity index (χ0) is 12.5. The number of thiophene rings is 2. The summed E-state index contributed by atoms with van der Waals surface area (Å²) in [4.78, 5) is 2.84. The van der Waals surface area contributed by atoms with E-state index < -0.39 is 0 Å². The predicted octanol–water partition coefficient (Wildman–Crippen LogP) is 4.83. The van der Waals surface area contributed by atoms with Crippen LogP contribution < -0.4 is 5.32 Å². The van der Waals surface area contributed by atoms with E-state index in [0.717, 1.165) is 11.8 Å². The Labute approximate surface area is 121 Å². The van der Waals surface area contributed by atoms with Gasteiger partial charge in [0.1, 0.15) is 0 Å². The standard InChI is InChI=1S/C14H17NS3/c1-9-3-4-11(17-9)8-15-13-7-10(2)18-14-12(13)5-6-16-14/h3-6,10,13,15H,7-8H2,1-2H3/t10-,13?/m0/s1. The predicted molar refractivity (Wildman–Crippen MR) is 82.9 cm³/mol. The lowest BCUT2D eigenvalue weighted by atomic mass is 10.0. The van der Waals surface area contributed by atoms with Crippen LogP contribution >= 0.6 is 34.4 Å². The molecule has 18 heavy (non-hydrogen) atoms. The fraction of sp³-hybridized carbons (Fsp3) is 0.429. The molecule has 3 rings (SSSR count). The summed E-state index contributed by atoms with van der Waals surface area (Å²) >= 11 is 5.81. The normalized spacial score (nSPS) is 23.0. The summed E-state index contributed by atoms with van der Waals surface area (Å²) in [5.41, 5.74) is 1.51. The van der Waals surface area contributed by atoms with Crippen molar-refractivity contribution in [1.29, 1.82) is 0 Å². The van der Waals surface area contributed by atoms with Crippen LogP contribution in [0.15, 0.2) is 27.8 Å². The molecule has 0 bridgehead atoms. The van der Waals surface area contributed by atoms with Gasteiger partial charge in [-0.15, -0.1) is 34.4 Å². The van der Waals surface area contributed by atoms with Crippen LogP contribution in [0, 0.1) is 6.92 Å². The van der Waals surface area contributed by atoms with Crippen molar-refractivity contribution in [2.45, 2.75) is 42.3 Å². The fourth-order valence-corrected chi connectivity index (χ4v) is 5.75. The minimum Gasteiger partial charge on any atom is -0.305 e. The third-order valence-electron chi connectivity index (χ3n) is 3.23. The van der Waals surface area contributed by atoms with Crippen LogP contribution in [-0.4, -0.2) is 5.25 Å². The first-order valence-electron chi connectivity index (χ1n) is 6.25. The average molecular weight is 295 g/mol. The molecule has 2 aromatic rings. The van der Waals surface area contributed by atoms with E-state index in [0.29, 0.717) is 6.04 Å². The van der Waals surface area contributed by atoms with E-state index in [-0.39, 0.29) is 0 Å². The maximum atomic E-state index is 3.73. The second kappa shape index (κ2) is 5.37. The molecule has 2 aromatic heterocycles. The molecule has 1 nitrogen and oxygen atoms in total. The molecule has 0 saturated heterocycles. The van der Waals surface area contributed by atoms with Gasteiger partial charge >= 0.3 is 0 Å². The monoisotopic (exact) mass is 295 g/mol. The molecular weight excluding hydrogens is 278 g/mol. The fourth-order valence-electron chi connectivity index (χ4n) is 2.35. The van der Waals surface area contributed by atoms with Crippen LogP contribution in [-0.2, 0) is 6.54 Å².